The molecular formula is C15H20ClF3N4O2S. The molecular weight excluding hydrogens is 393 g/mol. The molecule has 146 valence electrons. The minimum absolute atomic E-state index is 0. The van der Waals surface area contributed by atoms with E-state index in [-0.39, 0.29) is 36.0 Å². The molecule has 1 atom stereocenters. The van der Waals surface area contributed by atoms with Gasteiger partial charge in [0, 0.05) is 32.7 Å². The van der Waals surface area contributed by atoms with E-state index in [1.165, 1.54) is 30.0 Å². The number of nitrogens with zero attached hydrogens (tertiary/aromatic N) is 2. The highest BCUT2D eigenvalue weighted by Crippen LogP contribution is 2.25. The Balaban J connectivity index is 0.00000338. The van der Waals surface area contributed by atoms with Crippen LogP contribution < -0.4 is 10.0 Å². The van der Waals surface area contributed by atoms with Crippen LogP contribution in [-0.4, -0.2) is 58.3 Å². The number of piperazine rings is 1. The smallest absolute Gasteiger partial charge is 0.314 e. The molecule has 0 saturated carbocycles. The van der Waals surface area contributed by atoms with Gasteiger partial charge in [-0.25, -0.2) is 13.1 Å². The monoisotopic (exact) mass is 412 g/mol. The number of benzene rings is 1. The number of alkyl halides is 3. The average Bonchev–Trinajstić information content (AvgIpc) is 2.54. The summed E-state index contributed by atoms with van der Waals surface area (Å²) >= 11 is 0. The van der Waals surface area contributed by atoms with Crippen molar-refractivity contribution in [3.05, 3.63) is 29.3 Å². The van der Waals surface area contributed by atoms with Crippen LogP contribution in [0.1, 0.15) is 11.1 Å². The van der Waals surface area contributed by atoms with Crippen molar-refractivity contribution in [3.8, 4) is 6.07 Å². The minimum atomic E-state index is -4.54. The van der Waals surface area contributed by atoms with Gasteiger partial charge >= 0.3 is 6.18 Å². The van der Waals surface area contributed by atoms with Crippen molar-refractivity contribution in [2.75, 3.05) is 32.7 Å². The number of aryl methyl sites for hydroxylation is 1. The lowest BCUT2D eigenvalue weighted by Gasteiger charge is -2.35. The summed E-state index contributed by atoms with van der Waals surface area (Å²) in [5.74, 6) is 0. The van der Waals surface area contributed by atoms with Crippen LogP contribution in [0.5, 0.6) is 0 Å². The predicted octanol–water partition coefficient (Wildman–Crippen LogP) is 1.40. The van der Waals surface area contributed by atoms with E-state index in [0.717, 1.165) is 0 Å². The Hall–Kier alpha value is -1.38. The van der Waals surface area contributed by atoms with E-state index < -0.39 is 28.8 Å². The Kier molecular flexibility index (Phi) is 7.85. The van der Waals surface area contributed by atoms with Crippen molar-refractivity contribution in [2.45, 2.75) is 24.0 Å². The van der Waals surface area contributed by atoms with E-state index in [2.05, 4.69) is 10.0 Å². The first-order valence-corrected chi connectivity index (χ1v) is 9.15. The highest BCUT2D eigenvalue weighted by atomic mass is 35.5. The van der Waals surface area contributed by atoms with E-state index in [9.17, 15) is 21.6 Å². The van der Waals surface area contributed by atoms with Gasteiger partial charge in [0.2, 0.25) is 10.0 Å². The van der Waals surface area contributed by atoms with Gasteiger partial charge in [0.1, 0.15) is 6.04 Å². The molecule has 2 N–H and O–H groups in total. The number of halogens is 4. The molecule has 0 amide bonds. The second-order valence-electron chi connectivity index (χ2n) is 5.79. The Labute approximate surface area is 156 Å². The number of hydrogen-bond acceptors (Lipinski definition) is 5. The lowest BCUT2D eigenvalue weighted by Crippen LogP contribution is -2.57. The van der Waals surface area contributed by atoms with Crippen LogP contribution >= 0.6 is 12.4 Å². The van der Waals surface area contributed by atoms with Gasteiger partial charge in [-0.05, 0) is 30.7 Å². The van der Waals surface area contributed by atoms with Crippen molar-refractivity contribution in [1.29, 1.82) is 5.26 Å². The van der Waals surface area contributed by atoms with Gasteiger partial charge in [-0.3, -0.25) is 4.90 Å². The van der Waals surface area contributed by atoms with Crippen LogP contribution in [0.2, 0.25) is 0 Å². The van der Waals surface area contributed by atoms with Crippen molar-refractivity contribution in [1.82, 2.24) is 14.9 Å². The fourth-order valence-electron chi connectivity index (χ4n) is 2.73. The Morgan fingerprint density at radius 3 is 2.46 bits per heavy atom. The highest BCUT2D eigenvalue weighted by Gasteiger charge is 2.44. The number of hydrogen-bond donors (Lipinski definition) is 2. The minimum Gasteiger partial charge on any atom is -0.314 e. The molecule has 26 heavy (non-hydrogen) atoms. The van der Waals surface area contributed by atoms with Crippen LogP contribution in [-0.2, 0) is 10.0 Å². The largest absolute Gasteiger partial charge is 0.405 e. The Bertz CT molecular complexity index is 759. The molecule has 0 spiro atoms. The lowest BCUT2D eigenvalue weighted by atomic mass is 10.2. The predicted molar refractivity (Wildman–Crippen MR) is 92.6 cm³/mol. The third-order valence-corrected chi connectivity index (χ3v) is 5.61. The quantitative estimate of drug-likeness (QED) is 0.763. The molecule has 1 aromatic rings. The molecule has 1 unspecified atom stereocenters. The number of nitriles is 1. The van der Waals surface area contributed by atoms with Gasteiger partial charge < -0.3 is 5.32 Å². The van der Waals surface area contributed by atoms with Gasteiger partial charge in [0.25, 0.3) is 0 Å². The maximum atomic E-state index is 13.3. The summed E-state index contributed by atoms with van der Waals surface area (Å²) in [6, 6.07) is 3.92. The zero-order chi connectivity index (χ0) is 18.7. The molecule has 0 bridgehead atoms. The molecule has 0 aromatic heterocycles. The van der Waals surface area contributed by atoms with Gasteiger partial charge in [-0.1, -0.05) is 0 Å². The fraction of sp³-hybridized carbons (Fsp3) is 0.533. The SMILES string of the molecule is Cc1cc(C#N)ccc1S(=O)(=O)NCC(N1CCNCC1)C(F)(F)F.Cl. The second-order valence-corrected chi connectivity index (χ2v) is 7.52. The lowest BCUT2D eigenvalue weighted by molar-refractivity contribution is -0.182. The summed E-state index contributed by atoms with van der Waals surface area (Å²) < 4.78 is 66.8. The maximum Gasteiger partial charge on any atom is 0.405 e. The van der Waals surface area contributed by atoms with E-state index in [1.54, 1.807) is 0 Å². The number of sulfonamides is 1. The molecule has 1 saturated heterocycles. The normalized spacial score (nSPS) is 17.2. The van der Waals surface area contributed by atoms with Gasteiger partial charge in [-0.2, -0.15) is 18.4 Å². The number of rotatable bonds is 5. The van der Waals surface area contributed by atoms with Gasteiger partial charge in [-0.15, -0.1) is 12.4 Å². The number of nitrogens with one attached hydrogen (secondary N) is 2. The van der Waals surface area contributed by atoms with Crippen LogP contribution in [0.25, 0.3) is 0 Å². The average molecular weight is 413 g/mol. The summed E-state index contributed by atoms with van der Waals surface area (Å²) in [5.41, 5.74) is 0.586. The summed E-state index contributed by atoms with van der Waals surface area (Å²) in [6.07, 6.45) is -4.54. The van der Waals surface area contributed by atoms with Crippen molar-refractivity contribution in [2.24, 2.45) is 0 Å². The molecule has 6 nitrogen and oxygen atoms in total. The molecule has 1 aromatic carbocycles. The summed E-state index contributed by atoms with van der Waals surface area (Å²) in [4.78, 5) is 1.10. The van der Waals surface area contributed by atoms with E-state index in [0.29, 0.717) is 18.7 Å². The molecule has 1 aliphatic rings. The van der Waals surface area contributed by atoms with Crippen molar-refractivity contribution < 1.29 is 21.6 Å². The Morgan fingerprint density at radius 1 is 1.35 bits per heavy atom. The Morgan fingerprint density at radius 2 is 1.96 bits per heavy atom. The van der Waals surface area contributed by atoms with Crippen LogP contribution in [0.3, 0.4) is 0 Å². The fourth-order valence-corrected chi connectivity index (χ4v) is 4.00. The molecule has 1 aliphatic heterocycles. The van der Waals surface area contributed by atoms with E-state index in [4.69, 9.17) is 5.26 Å². The molecule has 1 fully saturated rings. The first kappa shape index (κ1) is 22.7. The molecule has 0 aliphatic carbocycles. The first-order chi connectivity index (χ1) is 11.6. The third kappa shape index (κ3) is 5.56. The van der Waals surface area contributed by atoms with E-state index >= 15 is 0 Å². The van der Waals surface area contributed by atoms with Crippen molar-refractivity contribution >= 4 is 22.4 Å². The van der Waals surface area contributed by atoms with Gasteiger partial charge in [0.15, 0.2) is 0 Å². The molecule has 1 heterocycles. The van der Waals surface area contributed by atoms with Crippen LogP contribution in [0.15, 0.2) is 23.1 Å². The summed E-state index contributed by atoms with van der Waals surface area (Å²) in [5, 5.41) is 11.8. The topological polar surface area (TPSA) is 85.2 Å². The second kappa shape index (κ2) is 9.01. The zero-order valence-corrected chi connectivity index (χ0v) is 15.6. The standard InChI is InChI=1S/C15H19F3N4O2S.ClH/c1-11-8-12(9-19)2-3-13(11)25(23,24)21-10-14(15(16,17)18)22-6-4-20-5-7-22;/h2-3,8,14,20-21H,4-7,10H2,1H3;1H. The first-order valence-electron chi connectivity index (χ1n) is 7.67. The van der Waals surface area contributed by atoms with E-state index in [1.807, 2.05) is 6.07 Å². The maximum absolute atomic E-state index is 13.3. The van der Waals surface area contributed by atoms with Gasteiger partial charge in [0.05, 0.1) is 16.5 Å². The van der Waals surface area contributed by atoms with Crippen molar-refractivity contribution in [3.63, 3.8) is 0 Å². The molecule has 0 radical (unpaired) electrons. The molecule has 2 rings (SSSR count). The summed E-state index contributed by atoms with van der Waals surface area (Å²) in [7, 11) is -4.11. The molecule has 11 heteroatoms. The van der Waals surface area contributed by atoms with Crippen LogP contribution in [0.4, 0.5) is 13.2 Å². The zero-order valence-electron chi connectivity index (χ0n) is 14.0. The van der Waals surface area contributed by atoms with Crippen LogP contribution in [0, 0.1) is 18.3 Å². The summed E-state index contributed by atoms with van der Waals surface area (Å²) in [6.45, 7) is 1.98. The highest BCUT2D eigenvalue weighted by molar-refractivity contribution is 7.89. The third-order valence-electron chi connectivity index (χ3n) is 4.03.